The van der Waals surface area contributed by atoms with Crippen LogP contribution in [0.3, 0.4) is 0 Å². The monoisotopic (exact) mass is 1160 g/mol. The molecule has 36 heteroatoms. The summed E-state index contributed by atoms with van der Waals surface area (Å²) in [5.41, 5.74) is -0.764. The van der Waals surface area contributed by atoms with Crippen molar-refractivity contribution in [3.63, 3.8) is 0 Å². The standard InChI is InChI=1S/C41H30N10O21S5/c1-2-20-15-32(37(42)36(25(20)13-14-73(58,59)60)33(52)19-43-46-31-17-23(51(56)57)6-9-27(31)41(54)55)49-48-30-12-10-26-28(40(30)77(70,71)72)18-35(76(67,68)69)38(39(26)53)50-47-29-11-5-22(16-34(29)75(64,65)66)45-44-21-3-7-24(8-4-21)74(61,62)63/h2-19,52-53H,1,42H2,(H,54,55)(H,58,59,60)(H,61,62,63)(H,64,65,66)(H,67,68,69)(H,70,71,72)/b14-13+,33-19-,45-44-,46-43?,49-48?,50-47?. The normalized spacial score (nSPS) is 13.2. The van der Waals surface area contributed by atoms with E-state index in [0.717, 1.165) is 84.9 Å². The van der Waals surface area contributed by atoms with Crippen molar-refractivity contribution in [3.05, 3.63) is 135 Å². The largest absolute Gasteiger partial charge is 0.506 e. The lowest BCUT2D eigenvalue weighted by molar-refractivity contribution is -0.384. The summed E-state index contributed by atoms with van der Waals surface area (Å²) in [5.74, 6) is -3.89. The van der Waals surface area contributed by atoms with Crippen LogP contribution in [0.25, 0.3) is 28.7 Å². The van der Waals surface area contributed by atoms with E-state index in [2.05, 4.69) is 47.5 Å². The number of non-ortho nitro benzene ring substituents is 1. The van der Waals surface area contributed by atoms with Crippen molar-refractivity contribution in [3.8, 4) is 5.75 Å². The van der Waals surface area contributed by atoms with Gasteiger partial charge in [-0.2, -0.15) is 57.4 Å². The summed E-state index contributed by atoms with van der Waals surface area (Å²) in [7, 11) is -25.9. The number of phenols is 1. The first-order valence-electron chi connectivity index (χ1n) is 20.0. The second-order valence-corrected chi connectivity index (χ2v) is 21.8. The van der Waals surface area contributed by atoms with Crippen molar-refractivity contribution < 1.29 is 89.9 Å². The molecule has 6 aromatic carbocycles. The van der Waals surface area contributed by atoms with Gasteiger partial charge in [0.25, 0.3) is 56.3 Å². The van der Waals surface area contributed by atoms with Crippen LogP contribution in [-0.4, -0.2) is 91.1 Å². The maximum absolute atomic E-state index is 13.1. The first-order chi connectivity index (χ1) is 35.7. The molecule has 77 heavy (non-hydrogen) atoms. The third-order valence-electron chi connectivity index (χ3n) is 9.93. The van der Waals surface area contributed by atoms with Gasteiger partial charge < -0.3 is 21.1 Å². The molecule has 0 aromatic heterocycles. The number of carbonyl (C=O) groups is 1. The Hall–Kier alpha value is -8.98. The number of fused-ring (bicyclic) bond motifs is 1. The minimum atomic E-state index is -5.62. The fraction of sp³-hybridized carbons (Fsp3) is 0. The average molecular weight is 1160 g/mol. The minimum Gasteiger partial charge on any atom is -0.506 e. The number of aromatic hydroxyl groups is 1. The van der Waals surface area contributed by atoms with Crippen molar-refractivity contribution >= 4 is 136 Å². The number of aromatic carboxylic acids is 1. The van der Waals surface area contributed by atoms with E-state index in [-0.39, 0.29) is 27.9 Å². The van der Waals surface area contributed by atoms with Crippen molar-refractivity contribution in [2.24, 2.45) is 40.9 Å². The first-order valence-corrected chi connectivity index (χ1v) is 27.2. The van der Waals surface area contributed by atoms with E-state index in [1.807, 2.05) is 0 Å². The Morgan fingerprint density at radius 2 is 1.22 bits per heavy atom. The number of hydrogen-bond acceptors (Lipinski definition) is 24. The van der Waals surface area contributed by atoms with Gasteiger partial charge >= 0.3 is 5.97 Å². The van der Waals surface area contributed by atoms with E-state index in [1.165, 1.54) is 0 Å². The van der Waals surface area contributed by atoms with Crippen LogP contribution in [0.5, 0.6) is 5.75 Å². The molecule has 0 aliphatic carbocycles. The van der Waals surface area contributed by atoms with E-state index < -0.39 is 154 Å². The van der Waals surface area contributed by atoms with Crippen molar-refractivity contribution in [2.75, 3.05) is 5.73 Å². The smallest absolute Gasteiger partial charge is 0.337 e. The Kier molecular flexibility index (Phi) is 16.1. The number of nitrogen functional groups attached to an aromatic ring is 1. The van der Waals surface area contributed by atoms with Crippen molar-refractivity contribution in [1.29, 1.82) is 0 Å². The number of benzene rings is 6. The second-order valence-electron chi connectivity index (χ2n) is 14.9. The van der Waals surface area contributed by atoms with Gasteiger partial charge in [0.1, 0.15) is 48.9 Å². The lowest BCUT2D eigenvalue weighted by atomic mass is 9.96. The predicted octanol–water partition coefficient (Wildman–Crippen LogP) is 9.11. The zero-order chi connectivity index (χ0) is 57.2. The highest BCUT2D eigenvalue weighted by atomic mass is 32.2. The van der Waals surface area contributed by atoms with Gasteiger partial charge in [0.15, 0.2) is 5.75 Å². The summed E-state index contributed by atoms with van der Waals surface area (Å²) in [5, 5.41) is 71.7. The number of nitro benzene ring substituents is 1. The fourth-order valence-electron chi connectivity index (χ4n) is 6.58. The number of nitrogens with zero attached hydrogens (tertiary/aromatic N) is 9. The van der Waals surface area contributed by atoms with Crippen LogP contribution in [0.15, 0.2) is 164 Å². The quantitative estimate of drug-likeness (QED) is 0.00966. The highest BCUT2D eigenvalue weighted by molar-refractivity contribution is 7.89. The van der Waals surface area contributed by atoms with Gasteiger partial charge in [-0.1, -0.05) is 12.7 Å². The number of carboxylic acids is 1. The molecular formula is C41H30N10O21S5. The number of aliphatic hydroxyl groups is 1. The molecule has 0 saturated heterocycles. The Balaban J connectivity index is 1.48. The molecule has 0 atom stereocenters. The molecule has 0 unspecified atom stereocenters. The number of azo groups is 4. The van der Waals surface area contributed by atoms with Gasteiger partial charge in [-0.25, -0.2) is 4.79 Å². The van der Waals surface area contributed by atoms with E-state index in [9.17, 15) is 90.5 Å². The topological polar surface area (TPSA) is 518 Å². The molecule has 0 bridgehead atoms. The number of anilines is 1. The van der Waals surface area contributed by atoms with Crippen LogP contribution < -0.4 is 5.73 Å². The summed E-state index contributed by atoms with van der Waals surface area (Å²) in [6, 6.07) is 12.3. The lowest BCUT2D eigenvalue weighted by Crippen LogP contribution is -2.03. The summed E-state index contributed by atoms with van der Waals surface area (Å²) in [6.07, 6.45) is 2.27. The van der Waals surface area contributed by atoms with Gasteiger partial charge in [-0.15, -0.1) is 25.6 Å². The van der Waals surface area contributed by atoms with Gasteiger partial charge in [-0.3, -0.25) is 32.9 Å². The number of rotatable bonds is 18. The Bertz CT molecular complexity index is 4300. The fourth-order valence-corrected chi connectivity index (χ4v) is 9.48. The molecule has 0 saturated carbocycles. The van der Waals surface area contributed by atoms with Gasteiger partial charge in [0.05, 0.1) is 49.6 Å². The number of aliphatic hydroxyl groups excluding tert-OH is 1. The molecular weight excluding hydrogens is 1130 g/mol. The molecule has 6 aromatic rings. The number of nitro groups is 1. The predicted molar refractivity (Wildman–Crippen MR) is 267 cm³/mol. The Labute approximate surface area is 431 Å². The maximum atomic E-state index is 13.1. The van der Waals surface area contributed by atoms with E-state index >= 15 is 0 Å². The van der Waals surface area contributed by atoms with Crippen LogP contribution >= 0.6 is 0 Å². The van der Waals surface area contributed by atoms with Crippen LogP contribution in [-0.2, 0) is 50.6 Å². The van der Waals surface area contributed by atoms with E-state index in [0.29, 0.717) is 18.3 Å². The van der Waals surface area contributed by atoms with Crippen LogP contribution in [0, 0.1) is 10.1 Å². The third-order valence-corrected chi connectivity index (χ3v) is 14.0. The summed E-state index contributed by atoms with van der Waals surface area (Å²) >= 11 is 0. The zero-order valence-electron chi connectivity index (χ0n) is 37.6. The Morgan fingerprint density at radius 3 is 1.79 bits per heavy atom. The molecule has 31 nitrogen and oxygen atoms in total. The van der Waals surface area contributed by atoms with E-state index in [4.69, 9.17) is 10.3 Å². The molecule has 0 aliphatic heterocycles. The second kappa shape index (κ2) is 21.7. The number of carboxylic acid groups (broad SMARTS) is 1. The number of nitrogens with two attached hydrogens (primary N) is 1. The number of phenolic OH excluding ortho intramolecular Hbond substituents is 1. The van der Waals surface area contributed by atoms with E-state index in [1.54, 1.807) is 0 Å². The molecule has 10 N–H and O–H groups in total. The first kappa shape index (κ1) is 57.3. The van der Waals surface area contributed by atoms with Crippen LogP contribution in [0.2, 0.25) is 0 Å². The molecule has 6 rings (SSSR count). The van der Waals surface area contributed by atoms with Crippen molar-refractivity contribution in [2.45, 2.75) is 19.6 Å². The average Bonchev–Trinajstić information content (AvgIpc) is 3.32. The molecule has 0 radical (unpaired) electrons. The SMILES string of the molecule is C=Cc1cc(N=Nc2ccc3c(O)c(N=Nc4ccc(/N=N\c5ccc(S(=O)(=O)O)cc5)cc4S(=O)(=O)O)c(S(=O)(=O)O)cc3c2S(=O)(=O)O)c(N)c(/C(O)=C/N=Nc2cc([N+](=O)[O-])ccc2C(=O)O)c1/C=C/S(=O)(=O)O. The summed E-state index contributed by atoms with van der Waals surface area (Å²) in [6.45, 7) is 3.58. The number of hydrogen-bond donors (Lipinski definition) is 9. The van der Waals surface area contributed by atoms with Crippen molar-refractivity contribution in [1.82, 2.24) is 0 Å². The molecule has 0 fully saturated rings. The van der Waals surface area contributed by atoms with Gasteiger partial charge in [0.2, 0.25) is 0 Å². The molecule has 0 aliphatic rings. The van der Waals surface area contributed by atoms with Crippen LogP contribution in [0.4, 0.5) is 51.2 Å². The molecule has 400 valence electrons. The highest BCUT2D eigenvalue weighted by Crippen LogP contribution is 2.46. The molecule has 0 heterocycles. The summed E-state index contributed by atoms with van der Waals surface area (Å²) in [4.78, 5) is 17.9. The maximum Gasteiger partial charge on any atom is 0.337 e. The Morgan fingerprint density at radius 1 is 0.623 bits per heavy atom. The highest BCUT2D eigenvalue weighted by Gasteiger charge is 2.29. The summed E-state index contributed by atoms with van der Waals surface area (Å²) < 4.78 is 172. The van der Waals surface area contributed by atoms with Gasteiger partial charge in [-0.05, 0) is 90.0 Å². The molecule has 0 spiro atoms. The minimum absolute atomic E-state index is 0.00520. The van der Waals surface area contributed by atoms with Crippen LogP contribution in [0.1, 0.15) is 27.0 Å². The van der Waals surface area contributed by atoms with Gasteiger partial charge in [0, 0.05) is 22.9 Å². The molecule has 0 amide bonds. The zero-order valence-corrected chi connectivity index (χ0v) is 41.7. The third kappa shape index (κ3) is 13.5. The lowest BCUT2D eigenvalue weighted by Gasteiger charge is -2.15.